The molecule has 2 bridgehead atoms. The highest BCUT2D eigenvalue weighted by atomic mass is 16.4. The highest BCUT2D eigenvalue weighted by Crippen LogP contribution is 2.50. The molecule has 5 aliphatic carbocycles. The van der Waals surface area contributed by atoms with Crippen molar-refractivity contribution in [2.75, 3.05) is 0 Å². The predicted molar refractivity (Wildman–Crippen MR) is 156 cm³/mol. The van der Waals surface area contributed by atoms with Crippen molar-refractivity contribution >= 4 is 11.9 Å². The lowest BCUT2D eigenvalue weighted by Crippen LogP contribution is -2.57. The number of hydrogen-bond acceptors (Lipinski definition) is 3. The van der Waals surface area contributed by atoms with Crippen molar-refractivity contribution < 1.29 is 19.8 Å². The maximum Gasteiger partial charge on any atom is 0.331 e. The van der Waals surface area contributed by atoms with Gasteiger partial charge in [0.05, 0.1) is 11.2 Å². The molecule has 1 heterocycles. The summed E-state index contributed by atoms with van der Waals surface area (Å²) in [6.07, 6.45) is 11.1. The van der Waals surface area contributed by atoms with Crippen LogP contribution in [-0.2, 0) is 22.4 Å². The van der Waals surface area contributed by atoms with Crippen LogP contribution < -0.4 is 5.32 Å². The summed E-state index contributed by atoms with van der Waals surface area (Å²) in [5, 5.41) is 23.8. The van der Waals surface area contributed by atoms with Crippen LogP contribution in [0.1, 0.15) is 119 Å². The zero-order valence-electron chi connectivity index (χ0n) is 24.5. The number of benzene rings is 1. The SMILES string of the molecule is Cc1c(C(=O)NC23CCC(C(=O)O)=C(C2)C3)cc(-c2cc(C(C)(C)O)cc(C3(C)CC3)c2)n1CC1CCCCC1. The molecule has 0 saturated heterocycles. The molecule has 0 atom stereocenters. The summed E-state index contributed by atoms with van der Waals surface area (Å²) in [6, 6.07) is 8.62. The van der Waals surface area contributed by atoms with Crippen molar-refractivity contribution in [1.82, 2.24) is 9.88 Å². The van der Waals surface area contributed by atoms with Crippen LogP contribution in [-0.4, -0.2) is 32.2 Å². The molecule has 214 valence electrons. The lowest BCUT2D eigenvalue weighted by Gasteiger charge is -2.49. The van der Waals surface area contributed by atoms with Crippen molar-refractivity contribution in [2.45, 2.75) is 121 Å². The van der Waals surface area contributed by atoms with Crippen LogP contribution in [0.15, 0.2) is 35.4 Å². The van der Waals surface area contributed by atoms with Crippen LogP contribution in [0, 0.1) is 12.8 Å². The minimum Gasteiger partial charge on any atom is -0.478 e. The fourth-order valence-corrected chi connectivity index (χ4v) is 7.34. The normalized spacial score (nSPS) is 21.6. The van der Waals surface area contributed by atoms with E-state index in [2.05, 4.69) is 48.0 Å². The Kier molecular flexibility index (Phi) is 6.56. The molecule has 0 spiro atoms. The largest absolute Gasteiger partial charge is 0.478 e. The highest BCUT2D eigenvalue weighted by Gasteiger charge is 2.48. The molecule has 1 aromatic carbocycles. The van der Waals surface area contributed by atoms with Crippen molar-refractivity contribution in [3.8, 4) is 11.3 Å². The summed E-state index contributed by atoms with van der Waals surface area (Å²) in [6.45, 7) is 8.95. The molecule has 3 N–H and O–H groups in total. The molecular formula is C34H44N2O4. The maximum atomic E-state index is 13.8. The quantitative estimate of drug-likeness (QED) is 0.342. The van der Waals surface area contributed by atoms with Crippen molar-refractivity contribution in [2.24, 2.45) is 5.92 Å². The van der Waals surface area contributed by atoms with E-state index >= 15 is 0 Å². The zero-order valence-corrected chi connectivity index (χ0v) is 24.5. The predicted octanol–water partition coefficient (Wildman–Crippen LogP) is 6.76. The minimum absolute atomic E-state index is 0.0630. The number of aromatic nitrogens is 1. The van der Waals surface area contributed by atoms with Gasteiger partial charge in [-0.25, -0.2) is 4.79 Å². The Hall–Kier alpha value is -2.86. The highest BCUT2D eigenvalue weighted by molar-refractivity contribution is 5.98. The molecular weight excluding hydrogens is 500 g/mol. The van der Waals surface area contributed by atoms with Gasteiger partial charge >= 0.3 is 5.97 Å². The van der Waals surface area contributed by atoms with E-state index < -0.39 is 11.6 Å². The van der Waals surface area contributed by atoms with E-state index in [9.17, 15) is 19.8 Å². The second-order valence-electron chi connectivity index (χ2n) is 14.0. The third-order valence-electron chi connectivity index (χ3n) is 10.4. The number of amides is 1. The molecule has 0 aliphatic heterocycles. The van der Waals surface area contributed by atoms with Crippen molar-refractivity contribution in [3.05, 3.63) is 57.8 Å². The summed E-state index contributed by atoms with van der Waals surface area (Å²) >= 11 is 0. The topological polar surface area (TPSA) is 91.6 Å². The van der Waals surface area contributed by atoms with Crippen LogP contribution in [0.4, 0.5) is 0 Å². The molecule has 5 aliphatic rings. The Morgan fingerprint density at radius 2 is 1.75 bits per heavy atom. The Balaban J connectivity index is 1.38. The number of hydrogen-bond donors (Lipinski definition) is 3. The fourth-order valence-electron chi connectivity index (χ4n) is 7.34. The van der Waals surface area contributed by atoms with Gasteiger partial charge in [0.2, 0.25) is 0 Å². The van der Waals surface area contributed by atoms with Crippen LogP contribution >= 0.6 is 0 Å². The first-order valence-corrected chi connectivity index (χ1v) is 15.2. The number of carboxylic acids is 1. The molecule has 1 aromatic heterocycles. The molecule has 7 rings (SSSR count). The minimum atomic E-state index is -0.962. The Morgan fingerprint density at radius 3 is 2.33 bits per heavy atom. The lowest BCUT2D eigenvalue weighted by atomic mass is 9.63. The molecule has 1 amide bonds. The monoisotopic (exact) mass is 544 g/mol. The number of carbonyl (C=O) groups excluding carboxylic acids is 1. The molecule has 6 nitrogen and oxygen atoms in total. The average Bonchev–Trinajstić information content (AvgIpc) is 3.57. The van der Waals surface area contributed by atoms with E-state index in [-0.39, 0.29) is 16.9 Å². The standard InChI is InChI=1S/C34H44N2O4/c1-21-28(30(37)35-34-11-10-27(31(38)39)24(18-34)19-34)17-29(36(21)20-22-8-6-5-7-9-22)23-14-25(32(2,3)40)16-26(15-23)33(4)12-13-33/h14-17,22,40H,5-13,18-20H2,1-4H3,(H,35,37)(H,38,39). The van der Waals surface area contributed by atoms with Crippen LogP contribution in [0.25, 0.3) is 11.3 Å². The lowest BCUT2D eigenvalue weighted by molar-refractivity contribution is -0.133. The molecule has 3 saturated carbocycles. The van der Waals surface area contributed by atoms with Gasteiger partial charge in [-0.2, -0.15) is 0 Å². The van der Waals surface area contributed by atoms with E-state index in [1.165, 1.54) is 37.7 Å². The number of carbonyl (C=O) groups is 2. The van der Waals surface area contributed by atoms with Gasteiger partial charge in [-0.3, -0.25) is 4.79 Å². The number of aliphatic hydroxyl groups is 1. The number of fused-ring (bicyclic) bond motifs is 2. The number of carboxylic acid groups (broad SMARTS) is 1. The van der Waals surface area contributed by atoms with Gasteiger partial charge in [-0.1, -0.05) is 37.8 Å². The van der Waals surface area contributed by atoms with E-state index in [4.69, 9.17) is 0 Å². The first-order valence-electron chi connectivity index (χ1n) is 15.2. The van der Waals surface area contributed by atoms with Gasteiger partial charge in [0.15, 0.2) is 0 Å². The van der Waals surface area contributed by atoms with Gasteiger partial charge in [0.1, 0.15) is 0 Å². The third kappa shape index (κ3) is 4.93. The van der Waals surface area contributed by atoms with E-state index in [1.54, 1.807) is 0 Å². The fraction of sp³-hybridized carbons (Fsp3) is 0.588. The van der Waals surface area contributed by atoms with Crippen LogP contribution in [0.2, 0.25) is 0 Å². The molecule has 40 heavy (non-hydrogen) atoms. The Morgan fingerprint density at radius 1 is 1.05 bits per heavy atom. The number of nitrogens with zero attached hydrogens (tertiary/aromatic N) is 1. The first kappa shape index (κ1) is 27.3. The van der Waals surface area contributed by atoms with Gasteiger partial charge in [0.25, 0.3) is 5.91 Å². The number of aliphatic carboxylic acids is 1. The number of rotatable bonds is 8. The zero-order chi connectivity index (χ0) is 28.4. The summed E-state index contributed by atoms with van der Waals surface area (Å²) in [7, 11) is 0. The third-order valence-corrected chi connectivity index (χ3v) is 10.4. The van der Waals surface area contributed by atoms with Gasteiger partial charge in [-0.15, -0.1) is 0 Å². The van der Waals surface area contributed by atoms with Gasteiger partial charge in [-0.05, 0) is 118 Å². The van der Waals surface area contributed by atoms with E-state index in [1.807, 2.05) is 13.8 Å². The molecule has 0 unspecified atom stereocenters. The second-order valence-corrected chi connectivity index (χ2v) is 14.0. The van der Waals surface area contributed by atoms with Gasteiger partial charge in [0, 0.05) is 29.0 Å². The van der Waals surface area contributed by atoms with Crippen molar-refractivity contribution in [1.29, 1.82) is 0 Å². The molecule has 2 aromatic rings. The first-order chi connectivity index (χ1) is 18.9. The van der Waals surface area contributed by atoms with Gasteiger partial charge < -0.3 is 20.1 Å². The average molecular weight is 545 g/mol. The second kappa shape index (κ2) is 9.61. The van der Waals surface area contributed by atoms with E-state index in [0.29, 0.717) is 42.7 Å². The summed E-state index contributed by atoms with van der Waals surface area (Å²) in [4.78, 5) is 25.4. The summed E-state index contributed by atoms with van der Waals surface area (Å²) < 4.78 is 2.36. The molecule has 3 fully saturated rings. The van der Waals surface area contributed by atoms with E-state index in [0.717, 1.165) is 47.5 Å². The van der Waals surface area contributed by atoms with Crippen LogP contribution in [0.3, 0.4) is 0 Å². The smallest absolute Gasteiger partial charge is 0.331 e. The van der Waals surface area contributed by atoms with Crippen LogP contribution in [0.5, 0.6) is 0 Å². The molecule has 6 heteroatoms. The Bertz CT molecular complexity index is 1360. The maximum absolute atomic E-state index is 13.8. The molecule has 0 radical (unpaired) electrons. The summed E-state index contributed by atoms with van der Waals surface area (Å²) in [5.74, 6) is -0.285. The number of nitrogens with one attached hydrogen (secondary N) is 1. The Labute approximate surface area is 237 Å². The summed E-state index contributed by atoms with van der Waals surface area (Å²) in [5.41, 5.74) is 6.37. The van der Waals surface area contributed by atoms with Crippen molar-refractivity contribution in [3.63, 3.8) is 0 Å².